The maximum absolute atomic E-state index is 12.3. The summed E-state index contributed by atoms with van der Waals surface area (Å²) in [5.41, 5.74) is 1.77. The molecule has 2 aliphatic heterocycles. The third-order valence-corrected chi connectivity index (χ3v) is 4.55. The molecule has 0 amide bonds. The predicted molar refractivity (Wildman–Crippen MR) is 80.9 cm³/mol. The standard InChI is InChI=1S/C15H16N4OS/c1-2-3-13(20)11-8-18-14(15-17-4-5-21-15)19-9-10(7-16)6-12(11)19/h4-5,10H,2-3,6,8-9H2,1H3. The van der Waals surface area contributed by atoms with E-state index in [4.69, 9.17) is 0 Å². The van der Waals surface area contributed by atoms with Gasteiger partial charge in [0.25, 0.3) is 0 Å². The minimum Gasteiger partial charge on any atom is -0.326 e. The average molecular weight is 300 g/mol. The van der Waals surface area contributed by atoms with Crippen LogP contribution in [0.1, 0.15) is 31.2 Å². The van der Waals surface area contributed by atoms with E-state index >= 15 is 0 Å². The highest BCUT2D eigenvalue weighted by Gasteiger charge is 2.36. The van der Waals surface area contributed by atoms with Crippen LogP contribution in [-0.2, 0) is 4.79 Å². The Labute approximate surface area is 127 Å². The molecule has 0 saturated carbocycles. The topological polar surface area (TPSA) is 69.3 Å². The van der Waals surface area contributed by atoms with Crippen LogP contribution in [0.5, 0.6) is 0 Å². The number of hydrogen-bond donors (Lipinski definition) is 0. The van der Waals surface area contributed by atoms with Crippen molar-refractivity contribution in [2.45, 2.75) is 26.2 Å². The molecule has 3 rings (SSSR count). The maximum Gasteiger partial charge on any atom is 0.165 e. The zero-order chi connectivity index (χ0) is 14.8. The minimum absolute atomic E-state index is 0.0762. The Kier molecular flexibility index (Phi) is 3.84. The van der Waals surface area contributed by atoms with E-state index in [1.807, 2.05) is 17.2 Å². The fraction of sp³-hybridized carbons (Fsp3) is 0.467. The third kappa shape index (κ3) is 2.49. The van der Waals surface area contributed by atoms with Crippen LogP contribution in [0, 0.1) is 17.2 Å². The second-order valence-electron chi connectivity index (χ2n) is 5.22. The second kappa shape index (κ2) is 5.78. The van der Waals surface area contributed by atoms with Gasteiger partial charge in [-0.3, -0.25) is 9.79 Å². The zero-order valence-electron chi connectivity index (χ0n) is 11.9. The molecule has 1 atom stereocenters. The quantitative estimate of drug-likeness (QED) is 0.856. The van der Waals surface area contributed by atoms with Crippen LogP contribution in [0.3, 0.4) is 0 Å². The number of nitriles is 1. The molecular weight excluding hydrogens is 284 g/mol. The Morgan fingerprint density at radius 1 is 1.62 bits per heavy atom. The van der Waals surface area contributed by atoms with Gasteiger partial charge in [0.15, 0.2) is 16.6 Å². The summed E-state index contributed by atoms with van der Waals surface area (Å²) in [6.45, 7) is 3.02. The first-order valence-corrected chi connectivity index (χ1v) is 7.99. The van der Waals surface area contributed by atoms with Gasteiger partial charge in [-0.2, -0.15) is 5.26 Å². The molecule has 21 heavy (non-hydrogen) atoms. The summed E-state index contributed by atoms with van der Waals surface area (Å²) in [5.74, 6) is 0.900. The molecule has 2 aliphatic rings. The van der Waals surface area contributed by atoms with E-state index in [0.717, 1.165) is 28.5 Å². The van der Waals surface area contributed by atoms with Gasteiger partial charge in [0.2, 0.25) is 0 Å². The van der Waals surface area contributed by atoms with Crippen molar-refractivity contribution in [3.8, 4) is 6.07 Å². The molecule has 0 spiro atoms. The van der Waals surface area contributed by atoms with E-state index in [9.17, 15) is 10.1 Å². The first-order valence-electron chi connectivity index (χ1n) is 7.11. The van der Waals surface area contributed by atoms with Gasteiger partial charge in [0, 0.05) is 42.2 Å². The lowest BCUT2D eigenvalue weighted by molar-refractivity contribution is -0.115. The monoisotopic (exact) mass is 300 g/mol. The van der Waals surface area contributed by atoms with Gasteiger partial charge in [0.1, 0.15) is 0 Å². The summed E-state index contributed by atoms with van der Waals surface area (Å²) in [7, 11) is 0. The minimum atomic E-state index is -0.0762. The molecule has 0 N–H and O–H groups in total. The largest absolute Gasteiger partial charge is 0.326 e. The Morgan fingerprint density at radius 3 is 3.14 bits per heavy atom. The smallest absolute Gasteiger partial charge is 0.165 e. The predicted octanol–water partition coefficient (Wildman–Crippen LogP) is 2.37. The van der Waals surface area contributed by atoms with Gasteiger partial charge in [-0.25, -0.2) is 4.98 Å². The summed E-state index contributed by atoms with van der Waals surface area (Å²) in [6.07, 6.45) is 3.78. The zero-order valence-corrected chi connectivity index (χ0v) is 12.7. The number of aliphatic imine (C=N–C) groups is 1. The number of aromatic nitrogens is 1. The molecule has 3 heterocycles. The van der Waals surface area contributed by atoms with Gasteiger partial charge in [-0.15, -0.1) is 11.3 Å². The van der Waals surface area contributed by atoms with E-state index in [2.05, 4.69) is 16.0 Å². The summed E-state index contributed by atoms with van der Waals surface area (Å²) in [5, 5.41) is 12.0. The molecule has 0 bridgehead atoms. The van der Waals surface area contributed by atoms with E-state index in [-0.39, 0.29) is 11.7 Å². The fourth-order valence-electron chi connectivity index (χ4n) is 2.80. The van der Waals surface area contributed by atoms with Crippen LogP contribution in [0.15, 0.2) is 27.8 Å². The van der Waals surface area contributed by atoms with Gasteiger partial charge >= 0.3 is 0 Å². The fourth-order valence-corrected chi connectivity index (χ4v) is 3.45. The van der Waals surface area contributed by atoms with Crippen molar-refractivity contribution in [1.82, 2.24) is 9.88 Å². The van der Waals surface area contributed by atoms with Gasteiger partial charge in [-0.1, -0.05) is 6.92 Å². The van der Waals surface area contributed by atoms with Crippen molar-refractivity contribution in [3.05, 3.63) is 27.9 Å². The molecule has 1 aromatic rings. The third-order valence-electron chi connectivity index (χ3n) is 3.78. The number of amidine groups is 1. The highest BCUT2D eigenvalue weighted by molar-refractivity contribution is 7.11. The lowest BCUT2D eigenvalue weighted by Gasteiger charge is -2.27. The van der Waals surface area contributed by atoms with Gasteiger partial charge < -0.3 is 4.90 Å². The molecule has 1 aromatic heterocycles. The Morgan fingerprint density at radius 2 is 2.48 bits per heavy atom. The Bertz CT molecular complexity index is 654. The first-order chi connectivity index (χ1) is 10.2. The molecule has 1 unspecified atom stereocenters. The van der Waals surface area contributed by atoms with Crippen LogP contribution < -0.4 is 0 Å². The summed E-state index contributed by atoms with van der Waals surface area (Å²) < 4.78 is 0. The highest BCUT2D eigenvalue weighted by atomic mass is 32.1. The van der Waals surface area contributed by atoms with Crippen LogP contribution >= 0.6 is 11.3 Å². The number of ketones is 1. The number of hydrogen-bond acceptors (Lipinski definition) is 6. The molecule has 1 fully saturated rings. The molecule has 1 saturated heterocycles. The highest BCUT2D eigenvalue weighted by Crippen LogP contribution is 2.34. The Hall–Kier alpha value is -2.00. The molecular formula is C15H16N4OS. The Balaban J connectivity index is 1.96. The van der Waals surface area contributed by atoms with Crippen LogP contribution in [0.4, 0.5) is 0 Å². The summed E-state index contributed by atoms with van der Waals surface area (Å²) in [4.78, 5) is 23.2. The summed E-state index contributed by atoms with van der Waals surface area (Å²) >= 11 is 1.53. The van der Waals surface area contributed by atoms with Crippen molar-refractivity contribution in [3.63, 3.8) is 0 Å². The second-order valence-corrected chi connectivity index (χ2v) is 6.11. The number of Topliss-reactive ketones (excluding diaryl/α,β-unsaturated/α-hetero) is 1. The molecule has 5 nitrogen and oxygen atoms in total. The molecule has 6 heteroatoms. The molecule has 108 valence electrons. The number of carbonyl (C=O) groups is 1. The summed E-state index contributed by atoms with van der Waals surface area (Å²) in [6, 6.07) is 2.32. The SMILES string of the molecule is CCCC(=O)C1=C2CC(C#N)CN2C(c2nccs2)=NC1. The van der Waals surface area contributed by atoms with Crippen LogP contribution in [0.25, 0.3) is 0 Å². The van der Waals surface area contributed by atoms with E-state index in [1.165, 1.54) is 11.3 Å². The van der Waals surface area contributed by atoms with Crippen LogP contribution in [-0.4, -0.2) is 34.6 Å². The number of carbonyl (C=O) groups excluding carboxylic acids is 1. The number of rotatable bonds is 4. The first kappa shape index (κ1) is 14.0. The number of nitrogens with zero attached hydrogens (tertiary/aromatic N) is 4. The van der Waals surface area contributed by atoms with Gasteiger partial charge in [-0.05, 0) is 6.42 Å². The van der Waals surface area contributed by atoms with E-state index in [0.29, 0.717) is 25.9 Å². The maximum atomic E-state index is 12.3. The molecule has 0 aromatic carbocycles. The number of allylic oxidation sites excluding steroid dienone is 1. The van der Waals surface area contributed by atoms with Crippen molar-refractivity contribution in [2.24, 2.45) is 10.9 Å². The lowest BCUT2D eigenvalue weighted by Crippen LogP contribution is -2.33. The number of thiazole rings is 1. The molecule has 0 aliphatic carbocycles. The van der Waals surface area contributed by atoms with Gasteiger partial charge in [0.05, 0.1) is 18.5 Å². The van der Waals surface area contributed by atoms with Crippen molar-refractivity contribution < 1.29 is 4.79 Å². The lowest BCUT2D eigenvalue weighted by atomic mass is 10.0. The van der Waals surface area contributed by atoms with Crippen LogP contribution in [0.2, 0.25) is 0 Å². The van der Waals surface area contributed by atoms with Crippen molar-refractivity contribution in [2.75, 3.05) is 13.1 Å². The number of fused-ring (bicyclic) bond motifs is 1. The van der Waals surface area contributed by atoms with Crippen molar-refractivity contribution >= 4 is 23.0 Å². The normalized spacial score (nSPS) is 21.0. The molecule has 0 radical (unpaired) electrons. The van der Waals surface area contributed by atoms with Crippen molar-refractivity contribution in [1.29, 1.82) is 5.26 Å². The van der Waals surface area contributed by atoms with E-state index < -0.39 is 0 Å². The average Bonchev–Trinajstić information content (AvgIpc) is 3.15. The van der Waals surface area contributed by atoms with E-state index in [1.54, 1.807) is 6.20 Å².